The van der Waals surface area contributed by atoms with E-state index in [-0.39, 0.29) is 0 Å². The van der Waals surface area contributed by atoms with Gasteiger partial charge in [0.25, 0.3) is 0 Å². The number of pyridine rings is 1. The summed E-state index contributed by atoms with van der Waals surface area (Å²) in [5.41, 5.74) is -0.361. The van der Waals surface area contributed by atoms with E-state index in [2.05, 4.69) is 20.9 Å². The van der Waals surface area contributed by atoms with Gasteiger partial charge in [0.1, 0.15) is 11.2 Å². The molecule has 0 aromatic carbocycles. The van der Waals surface area contributed by atoms with Gasteiger partial charge in [-0.3, -0.25) is 4.98 Å². The van der Waals surface area contributed by atoms with Crippen LogP contribution in [0.25, 0.3) is 0 Å². The monoisotopic (exact) mass is 386 g/mol. The Hall–Kier alpha value is -1.63. The van der Waals surface area contributed by atoms with Crippen molar-refractivity contribution in [3.63, 3.8) is 0 Å². The van der Waals surface area contributed by atoms with Gasteiger partial charge in [-0.2, -0.15) is 4.90 Å². The first-order chi connectivity index (χ1) is 10.4. The third-order valence-electron chi connectivity index (χ3n) is 2.35. The molecule has 0 saturated heterocycles. The smallest absolute Gasteiger partial charge is 0.424 e. The summed E-state index contributed by atoms with van der Waals surface area (Å²) in [6.45, 7) is 10.4. The number of carbonyl (C=O) groups excluding carboxylic acids is 2. The first kappa shape index (κ1) is 19.4. The number of aromatic nitrogens is 1. The Morgan fingerprint density at radius 1 is 1.04 bits per heavy atom. The summed E-state index contributed by atoms with van der Waals surface area (Å²) >= 11 is 3.32. The minimum Gasteiger partial charge on any atom is -0.443 e. The van der Waals surface area contributed by atoms with Crippen LogP contribution in [0.2, 0.25) is 0 Å². The molecule has 1 aromatic rings. The van der Waals surface area contributed by atoms with Crippen LogP contribution in [-0.4, -0.2) is 28.4 Å². The van der Waals surface area contributed by atoms with Crippen LogP contribution in [0.3, 0.4) is 0 Å². The van der Waals surface area contributed by atoms with Crippen molar-refractivity contribution in [2.75, 3.05) is 4.90 Å². The maximum Gasteiger partial charge on any atom is 0.424 e. The number of carbonyl (C=O) groups is 2. The summed E-state index contributed by atoms with van der Waals surface area (Å²) < 4.78 is 10.6. The lowest BCUT2D eigenvalue weighted by atomic mass is 10.2. The van der Waals surface area contributed by atoms with Crippen LogP contribution in [0.1, 0.15) is 47.1 Å². The third-order valence-corrected chi connectivity index (χ3v) is 2.99. The maximum absolute atomic E-state index is 12.4. The lowest BCUT2D eigenvalue weighted by Gasteiger charge is -2.28. The Morgan fingerprint density at radius 2 is 1.52 bits per heavy atom. The van der Waals surface area contributed by atoms with Crippen molar-refractivity contribution < 1.29 is 19.1 Å². The summed E-state index contributed by atoms with van der Waals surface area (Å²) in [4.78, 5) is 29.8. The van der Waals surface area contributed by atoms with Gasteiger partial charge in [0, 0.05) is 11.5 Å². The van der Waals surface area contributed by atoms with Crippen molar-refractivity contribution in [2.45, 2.75) is 58.1 Å². The van der Waals surface area contributed by atoms with Gasteiger partial charge in [0.2, 0.25) is 0 Å². The van der Waals surface area contributed by atoms with Gasteiger partial charge in [0.15, 0.2) is 0 Å². The summed E-state index contributed by atoms with van der Waals surface area (Å²) in [6.07, 6.45) is 1.45. The average molecular weight is 387 g/mol. The quantitative estimate of drug-likeness (QED) is 0.691. The molecule has 128 valence electrons. The molecule has 1 aromatic heterocycles. The van der Waals surface area contributed by atoms with E-state index in [0.29, 0.717) is 11.0 Å². The van der Waals surface area contributed by atoms with E-state index in [1.807, 2.05) is 0 Å². The molecular formula is C16H23BrN2O4. The Balaban J connectivity index is 3.19. The van der Waals surface area contributed by atoms with Gasteiger partial charge in [0.05, 0.1) is 11.9 Å². The van der Waals surface area contributed by atoms with Crippen molar-refractivity contribution in [3.8, 4) is 0 Å². The largest absolute Gasteiger partial charge is 0.443 e. The first-order valence-electron chi connectivity index (χ1n) is 7.19. The predicted molar refractivity (Wildman–Crippen MR) is 91.8 cm³/mol. The lowest BCUT2D eigenvalue weighted by Crippen LogP contribution is -2.43. The molecule has 23 heavy (non-hydrogen) atoms. The molecule has 0 spiro atoms. The molecule has 0 N–H and O–H groups in total. The summed E-state index contributed by atoms with van der Waals surface area (Å²) in [5, 5.41) is 0.546. The fraction of sp³-hybridized carbons (Fsp3) is 0.562. The number of alkyl halides is 1. The van der Waals surface area contributed by atoms with E-state index in [1.165, 1.54) is 6.20 Å². The fourth-order valence-electron chi connectivity index (χ4n) is 1.57. The standard InChI is InChI=1S/C16H23BrN2O4/c1-15(2,3)22-13(20)19(14(21)23-16(4,5)6)12-7-11(8-17)9-18-10-12/h7,9-10H,8H2,1-6H3. The van der Waals surface area contributed by atoms with Gasteiger partial charge in [-0.15, -0.1) is 0 Å². The highest BCUT2D eigenvalue weighted by Gasteiger charge is 2.32. The van der Waals surface area contributed by atoms with Crippen molar-refractivity contribution in [1.29, 1.82) is 0 Å². The predicted octanol–water partition coefficient (Wildman–Crippen LogP) is 4.65. The lowest BCUT2D eigenvalue weighted by molar-refractivity contribution is 0.0430. The number of halogens is 1. The molecule has 1 rings (SSSR count). The highest BCUT2D eigenvalue weighted by molar-refractivity contribution is 9.08. The molecule has 1 heterocycles. The van der Waals surface area contributed by atoms with Gasteiger partial charge < -0.3 is 9.47 Å². The minimum atomic E-state index is -0.805. The van der Waals surface area contributed by atoms with Gasteiger partial charge in [-0.1, -0.05) is 15.9 Å². The molecule has 0 aliphatic rings. The second kappa shape index (κ2) is 7.29. The minimum absolute atomic E-state index is 0.297. The number of anilines is 1. The zero-order valence-corrected chi connectivity index (χ0v) is 15.9. The summed E-state index contributed by atoms with van der Waals surface area (Å²) in [7, 11) is 0. The molecule has 0 bridgehead atoms. The SMILES string of the molecule is CC(C)(C)OC(=O)N(C(=O)OC(C)(C)C)c1cncc(CBr)c1. The van der Waals surface area contributed by atoms with Crippen LogP contribution in [0.15, 0.2) is 18.5 Å². The number of imide groups is 1. The molecule has 6 nitrogen and oxygen atoms in total. The number of nitrogens with zero attached hydrogens (tertiary/aromatic N) is 2. The molecule has 0 saturated carbocycles. The molecule has 0 aliphatic heterocycles. The topological polar surface area (TPSA) is 68.7 Å². The van der Waals surface area contributed by atoms with Crippen molar-refractivity contribution in [3.05, 3.63) is 24.0 Å². The number of amides is 2. The highest BCUT2D eigenvalue weighted by Crippen LogP contribution is 2.22. The van der Waals surface area contributed by atoms with Crippen LogP contribution in [-0.2, 0) is 14.8 Å². The molecule has 0 atom stereocenters. The van der Waals surface area contributed by atoms with Crippen molar-refractivity contribution >= 4 is 33.8 Å². The van der Waals surface area contributed by atoms with E-state index in [0.717, 1.165) is 10.5 Å². The second-order valence-electron chi connectivity index (χ2n) is 6.98. The first-order valence-corrected chi connectivity index (χ1v) is 8.31. The van der Waals surface area contributed by atoms with E-state index in [1.54, 1.807) is 53.8 Å². The molecular weight excluding hydrogens is 364 g/mol. The molecule has 0 fully saturated rings. The Morgan fingerprint density at radius 3 is 1.91 bits per heavy atom. The normalized spacial score (nSPS) is 11.8. The van der Waals surface area contributed by atoms with E-state index in [4.69, 9.17) is 9.47 Å². The van der Waals surface area contributed by atoms with Crippen LogP contribution in [0.5, 0.6) is 0 Å². The molecule has 2 amide bonds. The highest BCUT2D eigenvalue weighted by atomic mass is 79.9. The van der Waals surface area contributed by atoms with Crippen LogP contribution < -0.4 is 4.90 Å². The third kappa shape index (κ3) is 6.56. The average Bonchev–Trinajstić information content (AvgIpc) is 2.34. The summed E-state index contributed by atoms with van der Waals surface area (Å²) in [6, 6.07) is 1.68. The van der Waals surface area contributed by atoms with Crippen molar-refractivity contribution in [2.24, 2.45) is 0 Å². The number of ether oxygens (including phenoxy) is 2. The zero-order valence-electron chi connectivity index (χ0n) is 14.3. The number of hydrogen-bond acceptors (Lipinski definition) is 5. The number of hydrogen-bond donors (Lipinski definition) is 0. The molecule has 0 aliphatic carbocycles. The van der Waals surface area contributed by atoms with E-state index in [9.17, 15) is 9.59 Å². The van der Waals surface area contributed by atoms with Crippen LogP contribution in [0.4, 0.5) is 15.3 Å². The fourth-order valence-corrected chi connectivity index (χ4v) is 1.88. The van der Waals surface area contributed by atoms with E-state index < -0.39 is 23.4 Å². The molecule has 0 radical (unpaired) electrons. The Bertz CT molecular complexity index is 548. The maximum atomic E-state index is 12.4. The second-order valence-corrected chi connectivity index (χ2v) is 7.54. The zero-order chi connectivity index (χ0) is 17.8. The molecule has 0 unspecified atom stereocenters. The Kier molecular flexibility index (Phi) is 6.16. The molecule has 7 heteroatoms. The van der Waals surface area contributed by atoms with Gasteiger partial charge >= 0.3 is 12.2 Å². The van der Waals surface area contributed by atoms with Crippen LogP contribution >= 0.6 is 15.9 Å². The number of rotatable bonds is 2. The van der Waals surface area contributed by atoms with Gasteiger partial charge in [-0.05, 0) is 53.2 Å². The van der Waals surface area contributed by atoms with E-state index >= 15 is 0 Å². The summed E-state index contributed by atoms with van der Waals surface area (Å²) in [5.74, 6) is 0. The van der Waals surface area contributed by atoms with Crippen molar-refractivity contribution in [1.82, 2.24) is 4.98 Å². The van der Waals surface area contributed by atoms with Crippen LogP contribution in [0, 0.1) is 0 Å². The Labute approximate surface area is 145 Å². The van der Waals surface area contributed by atoms with Gasteiger partial charge in [-0.25, -0.2) is 9.59 Å².